The van der Waals surface area contributed by atoms with Crippen LogP contribution in [0, 0.1) is 13.8 Å². The first-order chi connectivity index (χ1) is 9.76. The molecule has 2 aromatic rings. The van der Waals surface area contributed by atoms with Crippen LogP contribution in [0.5, 0.6) is 5.75 Å². The second-order valence-corrected chi connectivity index (χ2v) is 11.0. The zero-order valence-electron chi connectivity index (χ0n) is 13.7. The van der Waals surface area contributed by atoms with Gasteiger partial charge in [-0.2, -0.15) is 0 Å². The quantitative estimate of drug-likeness (QED) is 0.669. The molecule has 0 saturated carbocycles. The van der Waals surface area contributed by atoms with Gasteiger partial charge in [-0.05, 0) is 56.3 Å². The highest BCUT2D eigenvalue weighted by molar-refractivity contribution is 6.70. The Bertz CT molecular complexity index is 666. The van der Waals surface area contributed by atoms with Crippen LogP contribution >= 0.6 is 0 Å². The maximum absolute atomic E-state index is 6.26. The molecule has 1 nitrogen and oxygen atoms in total. The third kappa shape index (κ3) is 4.08. The minimum absolute atomic E-state index is 0.959. The highest BCUT2D eigenvalue weighted by Crippen LogP contribution is 2.32. The lowest BCUT2D eigenvalue weighted by molar-refractivity contribution is 0.555. The van der Waals surface area contributed by atoms with Crippen molar-refractivity contribution in [2.75, 3.05) is 0 Å². The molecule has 0 aliphatic rings. The van der Waals surface area contributed by atoms with Gasteiger partial charge in [0, 0.05) is 5.56 Å². The van der Waals surface area contributed by atoms with Gasteiger partial charge in [0.25, 0.3) is 0 Å². The van der Waals surface area contributed by atoms with E-state index in [1.165, 1.54) is 11.1 Å². The summed E-state index contributed by atoms with van der Waals surface area (Å²) >= 11 is 0. The van der Waals surface area contributed by atoms with Crippen LogP contribution in [0.15, 0.2) is 49.0 Å². The van der Waals surface area contributed by atoms with Crippen LogP contribution in [0.2, 0.25) is 19.6 Å². The lowest BCUT2D eigenvalue weighted by atomic mass is 9.97. The summed E-state index contributed by atoms with van der Waals surface area (Å²) in [5, 5.41) is 0. The number of hydrogen-bond donors (Lipinski definition) is 0. The van der Waals surface area contributed by atoms with Gasteiger partial charge in [-0.3, -0.25) is 0 Å². The van der Waals surface area contributed by atoms with Crippen molar-refractivity contribution in [2.24, 2.45) is 0 Å². The first-order valence-electron chi connectivity index (χ1n) is 7.32. The van der Waals surface area contributed by atoms with E-state index in [1.807, 2.05) is 0 Å². The van der Waals surface area contributed by atoms with Gasteiger partial charge in [0.1, 0.15) is 5.75 Å². The second kappa shape index (κ2) is 5.90. The van der Waals surface area contributed by atoms with Crippen molar-refractivity contribution in [3.63, 3.8) is 0 Å². The SMILES string of the molecule is C=C(c1cccc(C)c1)c1ccc(C)cc1O[Si](C)(C)C. The zero-order valence-corrected chi connectivity index (χ0v) is 14.7. The van der Waals surface area contributed by atoms with Crippen LogP contribution in [-0.4, -0.2) is 8.32 Å². The van der Waals surface area contributed by atoms with Crippen LogP contribution in [0.25, 0.3) is 5.57 Å². The number of rotatable bonds is 4. The molecule has 21 heavy (non-hydrogen) atoms. The van der Waals surface area contributed by atoms with E-state index in [4.69, 9.17) is 4.43 Å². The van der Waals surface area contributed by atoms with Crippen LogP contribution in [0.3, 0.4) is 0 Å². The summed E-state index contributed by atoms with van der Waals surface area (Å²) in [5.74, 6) is 0.959. The molecule has 2 heteroatoms. The first-order valence-corrected chi connectivity index (χ1v) is 10.7. The molecule has 0 aromatic heterocycles. The molecule has 2 aromatic carbocycles. The van der Waals surface area contributed by atoms with E-state index in [9.17, 15) is 0 Å². The monoisotopic (exact) mass is 296 g/mol. The summed E-state index contributed by atoms with van der Waals surface area (Å²) in [6, 6.07) is 14.8. The third-order valence-corrected chi connectivity index (χ3v) is 4.08. The van der Waals surface area contributed by atoms with Crippen molar-refractivity contribution < 1.29 is 4.43 Å². The van der Waals surface area contributed by atoms with E-state index >= 15 is 0 Å². The van der Waals surface area contributed by atoms with E-state index in [2.05, 4.69) is 82.5 Å². The molecule has 0 saturated heterocycles. The maximum Gasteiger partial charge on any atom is 0.242 e. The molecule has 0 aliphatic carbocycles. The minimum atomic E-state index is -1.65. The van der Waals surface area contributed by atoms with E-state index in [1.54, 1.807) is 0 Å². The fourth-order valence-electron chi connectivity index (χ4n) is 2.28. The Hall–Kier alpha value is -1.80. The van der Waals surface area contributed by atoms with E-state index in [0.717, 1.165) is 22.4 Å². The van der Waals surface area contributed by atoms with Crippen LogP contribution < -0.4 is 4.43 Å². The average molecular weight is 296 g/mol. The van der Waals surface area contributed by atoms with Crippen molar-refractivity contribution in [3.8, 4) is 5.75 Å². The average Bonchev–Trinajstić information content (AvgIpc) is 2.36. The second-order valence-electron chi connectivity index (χ2n) is 6.56. The van der Waals surface area contributed by atoms with Gasteiger partial charge in [-0.25, -0.2) is 0 Å². The molecule has 0 heterocycles. The molecule has 0 amide bonds. The van der Waals surface area contributed by atoms with Crippen molar-refractivity contribution >= 4 is 13.9 Å². The van der Waals surface area contributed by atoms with Crippen LogP contribution in [-0.2, 0) is 0 Å². The fraction of sp³-hybridized carbons (Fsp3) is 0.263. The lowest BCUT2D eigenvalue weighted by Gasteiger charge is -2.23. The van der Waals surface area contributed by atoms with E-state index in [0.29, 0.717) is 0 Å². The van der Waals surface area contributed by atoms with Gasteiger partial charge in [0.05, 0.1) is 0 Å². The van der Waals surface area contributed by atoms with Crippen LogP contribution in [0.1, 0.15) is 22.3 Å². The molecule has 0 atom stereocenters. The van der Waals surface area contributed by atoms with Gasteiger partial charge in [0.15, 0.2) is 0 Å². The highest BCUT2D eigenvalue weighted by atomic mass is 28.4. The highest BCUT2D eigenvalue weighted by Gasteiger charge is 2.19. The number of hydrogen-bond acceptors (Lipinski definition) is 1. The Morgan fingerprint density at radius 2 is 1.62 bits per heavy atom. The van der Waals surface area contributed by atoms with Crippen LogP contribution in [0.4, 0.5) is 0 Å². The summed E-state index contributed by atoms with van der Waals surface area (Å²) in [6.07, 6.45) is 0. The predicted molar refractivity (Wildman–Crippen MR) is 94.5 cm³/mol. The summed E-state index contributed by atoms with van der Waals surface area (Å²) in [4.78, 5) is 0. The molecule has 2 rings (SSSR count). The molecular weight excluding hydrogens is 272 g/mol. The molecule has 0 N–H and O–H groups in total. The lowest BCUT2D eigenvalue weighted by Crippen LogP contribution is -2.29. The van der Waals surface area contributed by atoms with Crippen molar-refractivity contribution in [2.45, 2.75) is 33.5 Å². The largest absolute Gasteiger partial charge is 0.544 e. The molecule has 0 bridgehead atoms. The topological polar surface area (TPSA) is 9.23 Å². The third-order valence-electron chi connectivity index (χ3n) is 3.24. The van der Waals surface area contributed by atoms with Gasteiger partial charge < -0.3 is 4.43 Å². The van der Waals surface area contributed by atoms with Gasteiger partial charge in [-0.15, -0.1) is 0 Å². The Morgan fingerprint density at radius 1 is 0.952 bits per heavy atom. The molecular formula is C19H24OSi. The molecule has 0 spiro atoms. The summed E-state index contributed by atoms with van der Waals surface area (Å²) < 4.78 is 6.26. The summed E-state index contributed by atoms with van der Waals surface area (Å²) in [7, 11) is -1.65. The Morgan fingerprint density at radius 3 is 2.24 bits per heavy atom. The molecule has 0 unspecified atom stereocenters. The molecule has 0 fully saturated rings. The normalized spacial score (nSPS) is 11.3. The Labute approximate surface area is 129 Å². The molecule has 0 aliphatic heterocycles. The van der Waals surface area contributed by atoms with Crippen molar-refractivity contribution in [1.82, 2.24) is 0 Å². The fourth-order valence-corrected chi connectivity index (χ4v) is 3.11. The molecule has 110 valence electrons. The standard InChI is InChI=1S/C19H24OSi/c1-14-8-7-9-17(12-14)16(3)18-11-10-15(2)13-19(18)20-21(4,5)6/h7-13H,3H2,1-2,4-6H3. The van der Waals surface area contributed by atoms with E-state index in [-0.39, 0.29) is 0 Å². The Kier molecular flexibility index (Phi) is 4.38. The number of aryl methyl sites for hydroxylation is 2. The van der Waals surface area contributed by atoms with Gasteiger partial charge in [0.2, 0.25) is 8.32 Å². The summed E-state index contributed by atoms with van der Waals surface area (Å²) in [5.41, 5.74) is 5.72. The maximum atomic E-state index is 6.26. The number of benzene rings is 2. The Balaban J connectivity index is 2.45. The predicted octanol–water partition coefficient (Wildman–Crippen LogP) is 5.58. The summed E-state index contributed by atoms with van der Waals surface area (Å²) in [6.45, 7) is 15.1. The van der Waals surface area contributed by atoms with Gasteiger partial charge in [-0.1, -0.05) is 48.5 Å². The first kappa shape index (κ1) is 15.6. The molecule has 0 radical (unpaired) electrons. The zero-order chi connectivity index (χ0) is 15.6. The van der Waals surface area contributed by atoms with E-state index < -0.39 is 8.32 Å². The minimum Gasteiger partial charge on any atom is -0.544 e. The van der Waals surface area contributed by atoms with Crippen molar-refractivity contribution in [3.05, 3.63) is 71.3 Å². The smallest absolute Gasteiger partial charge is 0.242 e. The van der Waals surface area contributed by atoms with Gasteiger partial charge >= 0.3 is 0 Å². The van der Waals surface area contributed by atoms with Crippen molar-refractivity contribution in [1.29, 1.82) is 0 Å².